The van der Waals surface area contributed by atoms with Gasteiger partial charge in [-0.15, -0.1) is 0 Å². The lowest BCUT2D eigenvalue weighted by Crippen LogP contribution is -2.38. The number of Topliss-reactive ketones (excluding diaryl/α,β-unsaturated/α-hetero) is 2. The molecule has 2 aromatic heterocycles. The van der Waals surface area contributed by atoms with E-state index in [0.29, 0.717) is 130 Å². The number of rotatable bonds is 47. The van der Waals surface area contributed by atoms with Crippen LogP contribution in [0.3, 0.4) is 0 Å². The molecule has 0 bridgehead atoms. The molecule has 2 aromatic carbocycles. The Morgan fingerprint density at radius 2 is 1.02 bits per heavy atom. The zero-order valence-corrected chi connectivity index (χ0v) is 52.5. The minimum atomic E-state index is -0.676. The van der Waals surface area contributed by atoms with Gasteiger partial charge in [0.1, 0.15) is 30.5 Å². The first-order chi connectivity index (χ1) is 42.6. The second-order valence-electron chi connectivity index (χ2n) is 19.9. The lowest BCUT2D eigenvalue weighted by molar-refractivity contribution is -0.119. The Morgan fingerprint density at radius 3 is 1.62 bits per heavy atom. The first kappa shape index (κ1) is 78.1. The average Bonchev–Trinajstić information content (AvgIpc) is 3.71. The van der Waals surface area contributed by atoms with E-state index in [1.54, 1.807) is 7.11 Å². The fourth-order valence-corrected chi connectivity index (χ4v) is 8.17. The number of aliphatic imine (C=N–C) groups is 1. The molecule has 3 amide bonds. The van der Waals surface area contributed by atoms with Crippen LogP contribution in [0.25, 0.3) is 0 Å². The van der Waals surface area contributed by atoms with E-state index in [2.05, 4.69) is 59.9 Å². The van der Waals surface area contributed by atoms with Crippen molar-refractivity contribution in [2.24, 2.45) is 10.7 Å². The number of aromatic nitrogens is 4. The van der Waals surface area contributed by atoms with E-state index >= 15 is 0 Å². The lowest BCUT2D eigenvalue weighted by atomic mass is 10.0. The lowest BCUT2D eigenvalue weighted by Gasteiger charge is -2.09. The van der Waals surface area contributed by atoms with Gasteiger partial charge in [-0.2, -0.15) is 0 Å². The molecule has 0 atom stereocenters. The molecule has 0 unspecified atom stereocenters. The second-order valence-corrected chi connectivity index (χ2v) is 20.6. The maximum atomic E-state index is 12.3. The standard InChI is InChI=1S/C39H64ClN9O9.C21H28ClN5O3.CH4/c1-2-19-53-22-24-55-21-18-46-39(52)45-17-6-3-4-10-31(50)11-8-20-54-23-25-56-26-27-57-28-29-58-32-14-12-30(13-15-32)9-5-7-16-44-38(43)49-37(51)33-35(41)48-36(42)34(40)47-33;1-29-11-12-30-16-9-7-14(8-10-16)5-3-2-4-6-15(23)13-17(28)18-20(24)27-21(25)19(22)26-18;/h12-15H,2-11,16-29H2,1H3,(H4,41,42,48)(H2,45,46,52)(H3,43,44,49,51);7-10,23H,2-6,11-13H2,1H3,(H4,24,25,27);1H4. The quantitative estimate of drug-likeness (QED) is 0.00881. The van der Waals surface area contributed by atoms with Gasteiger partial charge < -0.3 is 82.6 Å². The third-order valence-corrected chi connectivity index (χ3v) is 13.1. The van der Waals surface area contributed by atoms with Gasteiger partial charge in [-0.1, -0.05) is 74.7 Å². The molecule has 28 heteroatoms. The fraction of sp³-hybridized carbons (Fsp3) is 0.574. The van der Waals surface area contributed by atoms with Crippen molar-refractivity contribution < 1.29 is 57.1 Å². The van der Waals surface area contributed by atoms with E-state index in [4.69, 9.17) is 95.2 Å². The van der Waals surface area contributed by atoms with Crippen molar-refractivity contribution in [3.05, 3.63) is 81.4 Å². The number of methoxy groups -OCH3 is 1. The summed E-state index contributed by atoms with van der Waals surface area (Å²) in [6, 6.07) is 15.7. The molecular formula is C61H96Cl2N14O12. The van der Waals surface area contributed by atoms with Gasteiger partial charge in [0, 0.05) is 58.5 Å². The van der Waals surface area contributed by atoms with Crippen molar-refractivity contribution in [2.45, 2.75) is 117 Å². The topological polar surface area (TPSA) is 396 Å². The predicted octanol–water partition coefficient (Wildman–Crippen LogP) is 7.79. The predicted molar refractivity (Wildman–Crippen MR) is 348 cm³/mol. The van der Waals surface area contributed by atoms with Crippen LogP contribution in [0.1, 0.15) is 136 Å². The number of nitrogens with one attached hydrogen (secondary N) is 4. The highest BCUT2D eigenvalue weighted by atomic mass is 35.5. The third kappa shape index (κ3) is 36.9. The number of guanidine groups is 1. The van der Waals surface area contributed by atoms with Crippen molar-refractivity contribution in [2.75, 3.05) is 136 Å². The maximum absolute atomic E-state index is 12.3. The van der Waals surface area contributed by atoms with E-state index in [1.165, 1.54) is 5.56 Å². The van der Waals surface area contributed by atoms with Crippen molar-refractivity contribution in [3.8, 4) is 11.5 Å². The summed E-state index contributed by atoms with van der Waals surface area (Å²) in [5.74, 6) is 0.409. The third-order valence-electron chi connectivity index (χ3n) is 12.6. The molecule has 4 rings (SSSR count). The highest BCUT2D eigenvalue weighted by Crippen LogP contribution is 2.21. The number of nitrogens with zero attached hydrogens (tertiary/aromatic N) is 5. The number of carbonyl (C=O) groups is 4. The summed E-state index contributed by atoms with van der Waals surface area (Å²) in [6.45, 7) is 10.1. The summed E-state index contributed by atoms with van der Waals surface area (Å²) in [7, 11) is 1.65. The molecule has 0 fully saturated rings. The summed E-state index contributed by atoms with van der Waals surface area (Å²) in [5.41, 5.74) is 30.7. The van der Waals surface area contributed by atoms with Gasteiger partial charge in [0.15, 0.2) is 56.7 Å². The highest BCUT2D eigenvalue weighted by molar-refractivity contribution is 6.32. The minimum absolute atomic E-state index is 0. The second kappa shape index (κ2) is 48.8. The largest absolute Gasteiger partial charge is 0.491 e. The van der Waals surface area contributed by atoms with Gasteiger partial charge in [0.2, 0.25) is 0 Å². The molecule has 14 N–H and O–H groups in total. The molecule has 26 nitrogen and oxygen atoms in total. The summed E-state index contributed by atoms with van der Waals surface area (Å²) >= 11 is 11.6. The Bertz CT molecular complexity index is 2680. The van der Waals surface area contributed by atoms with Crippen molar-refractivity contribution >= 4 is 81.6 Å². The van der Waals surface area contributed by atoms with Crippen LogP contribution in [0.4, 0.5) is 28.1 Å². The molecule has 496 valence electrons. The number of aryl methyl sites for hydroxylation is 2. The van der Waals surface area contributed by atoms with Gasteiger partial charge in [-0.05, 0) is 106 Å². The molecular weight excluding hydrogens is 1190 g/mol. The van der Waals surface area contributed by atoms with Crippen molar-refractivity contribution in [1.82, 2.24) is 35.9 Å². The molecule has 0 aliphatic rings. The van der Waals surface area contributed by atoms with E-state index in [0.717, 1.165) is 94.3 Å². The molecule has 0 aliphatic carbocycles. The number of hydrogen-bond acceptors (Lipinski definition) is 22. The number of nitrogen functional groups attached to an aromatic ring is 4. The van der Waals surface area contributed by atoms with Gasteiger partial charge in [0.05, 0.1) is 65.9 Å². The number of benzene rings is 2. The Labute approximate surface area is 534 Å². The number of amides is 3. The van der Waals surface area contributed by atoms with Crippen LogP contribution >= 0.6 is 23.2 Å². The molecule has 0 saturated heterocycles. The first-order valence-corrected chi connectivity index (χ1v) is 30.6. The highest BCUT2D eigenvalue weighted by Gasteiger charge is 2.19. The van der Waals surface area contributed by atoms with Gasteiger partial charge >= 0.3 is 6.03 Å². The number of hydrogen-bond donors (Lipinski definition) is 9. The van der Waals surface area contributed by atoms with E-state index in [1.807, 2.05) is 36.4 Å². The number of urea groups is 1. The van der Waals surface area contributed by atoms with E-state index in [9.17, 15) is 19.2 Å². The van der Waals surface area contributed by atoms with Crippen molar-refractivity contribution in [3.63, 3.8) is 0 Å². The van der Waals surface area contributed by atoms with Crippen LogP contribution in [0.15, 0.2) is 53.5 Å². The SMILES string of the molecule is C.CCCOCCOCCNC(=O)NCCCCCC(=O)CCCOCCOCCOCCOc1ccc(CCCCN=C(N)NC(=O)c2nc(Cl)c(N)nc2N)cc1.COCCOc1ccc(CCCCCC(=N)CC(=O)c2nc(Cl)c(N)nc2N)cc1. The first-order valence-electron chi connectivity index (χ1n) is 29.8. The average molecular weight is 1290 g/mol. The number of halogens is 2. The maximum Gasteiger partial charge on any atom is 0.314 e. The van der Waals surface area contributed by atoms with Gasteiger partial charge in [-0.3, -0.25) is 24.7 Å². The molecule has 89 heavy (non-hydrogen) atoms. The molecule has 0 aliphatic heterocycles. The number of anilines is 4. The van der Waals surface area contributed by atoms with Gasteiger partial charge in [0.25, 0.3) is 5.91 Å². The molecule has 0 saturated carbocycles. The normalized spacial score (nSPS) is 11.0. The number of carbonyl (C=O) groups excluding carboxylic acids is 4. The van der Waals surface area contributed by atoms with Crippen LogP contribution < -0.4 is 54.1 Å². The summed E-state index contributed by atoms with van der Waals surface area (Å²) < 4.78 is 43.7. The van der Waals surface area contributed by atoms with Crippen LogP contribution in [0.5, 0.6) is 11.5 Å². The smallest absolute Gasteiger partial charge is 0.314 e. The molecule has 0 spiro atoms. The van der Waals surface area contributed by atoms with E-state index < -0.39 is 5.91 Å². The zero-order chi connectivity index (χ0) is 64.0. The Morgan fingerprint density at radius 1 is 0.539 bits per heavy atom. The summed E-state index contributed by atoms with van der Waals surface area (Å²) in [6.07, 6.45) is 12.0. The molecule has 4 aromatic rings. The Balaban J connectivity index is 0.000000729. The van der Waals surface area contributed by atoms with Crippen molar-refractivity contribution in [1.29, 1.82) is 5.41 Å². The number of ketones is 2. The zero-order valence-electron chi connectivity index (χ0n) is 51.0. The van der Waals surface area contributed by atoms with Crippen LogP contribution in [-0.2, 0) is 46.1 Å². The molecule has 0 radical (unpaired) electrons. The monoisotopic (exact) mass is 1290 g/mol. The Hall–Kier alpha value is -7.04. The van der Waals surface area contributed by atoms with Crippen LogP contribution in [0, 0.1) is 5.41 Å². The summed E-state index contributed by atoms with van der Waals surface area (Å²) in [5, 5.41) is 15.8. The summed E-state index contributed by atoms with van der Waals surface area (Å²) in [4.78, 5) is 68.0. The number of unbranched alkanes of at least 4 members (excludes halogenated alkanes) is 5. The Kier molecular flexibility index (Phi) is 42.8. The fourth-order valence-electron chi connectivity index (χ4n) is 7.92. The number of nitrogens with two attached hydrogens (primary N) is 5. The van der Waals surface area contributed by atoms with Crippen LogP contribution in [-0.4, -0.2) is 168 Å². The van der Waals surface area contributed by atoms with Crippen LogP contribution in [0.2, 0.25) is 10.3 Å². The van der Waals surface area contributed by atoms with Gasteiger partial charge in [-0.25, -0.2) is 24.7 Å². The molecule has 2 heterocycles. The number of ether oxygens (including phenoxy) is 8. The van der Waals surface area contributed by atoms with E-state index in [-0.39, 0.29) is 82.4 Å². The minimum Gasteiger partial charge on any atom is -0.491 e.